The van der Waals surface area contributed by atoms with Crippen LogP contribution in [0.5, 0.6) is 0 Å². The molecular formula is C14H21BrN2O. The van der Waals surface area contributed by atoms with Crippen LogP contribution < -0.4 is 10.6 Å². The van der Waals surface area contributed by atoms with Crippen molar-refractivity contribution in [3.63, 3.8) is 0 Å². The first-order chi connectivity index (χ1) is 8.42. The molecule has 2 N–H and O–H groups in total. The van der Waals surface area contributed by atoms with Crippen molar-refractivity contribution < 1.29 is 4.74 Å². The van der Waals surface area contributed by atoms with Gasteiger partial charge in [-0.25, -0.2) is 0 Å². The Kier molecular flexibility index (Phi) is 3.99. The molecule has 0 amide bonds. The molecule has 100 valence electrons. The summed E-state index contributed by atoms with van der Waals surface area (Å²) in [6.07, 6.45) is 0. The summed E-state index contributed by atoms with van der Waals surface area (Å²) in [6.45, 7) is 8.87. The number of halogens is 1. The number of nitrogens with zero attached hydrogens (tertiary/aromatic N) is 1. The van der Waals surface area contributed by atoms with Crippen LogP contribution in [0, 0.1) is 0 Å². The molecule has 1 aliphatic heterocycles. The summed E-state index contributed by atoms with van der Waals surface area (Å²) in [5.74, 6) is 0. The number of nitrogens with two attached hydrogens (primary N) is 1. The summed E-state index contributed by atoms with van der Waals surface area (Å²) in [6, 6.07) is 6.35. The van der Waals surface area contributed by atoms with E-state index in [0.717, 1.165) is 24.2 Å². The number of anilines is 1. The smallest absolute Gasteiger partial charge is 0.0694 e. The molecule has 0 bridgehead atoms. The third kappa shape index (κ3) is 2.71. The molecule has 0 radical (unpaired) electrons. The molecule has 1 heterocycles. The first-order valence-electron chi connectivity index (χ1n) is 6.32. The minimum Gasteiger partial charge on any atom is -0.377 e. The zero-order valence-corrected chi connectivity index (χ0v) is 12.8. The minimum absolute atomic E-state index is 0.00266. The summed E-state index contributed by atoms with van der Waals surface area (Å²) in [7, 11) is 0. The number of hydrogen-bond acceptors (Lipinski definition) is 3. The standard InChI is InChI=1S/C14H21BrN2O/c1-10(16)12-5-4-11(15)8-13(12)17-6-7-18-9-14(17,2)3/h4-5,8,10H,6-7,9,16H2,1-3H3. The van der Waals surface area contributed by atoms with Gasteiger partial charge in [0.15, 0.2) is 0 Å². The zero-order chi connectivity index (χ0) is 13.3. The van der Waals surface area contributed by atoms with E-state index >= 15 is 0 Å². The number of benzene rings is 1. The quantitative estimate of drug-likeness (QED) is 0.912. The van der Waals surface area contributed by atoms with Crippen LogP contribution >= 0.6 is 15.9 Å². The number of morpholine rings is 1. The fraction of sp³-hybridized carbons (Fsp3) is 0.571. The van der Waals surface area contributed by atoms with Gasteiger partial charge < -0.3 is 15.4 Å². The molecule has 4 heteroatoms. The van der Waals surface area contributed by atoms with Crippen LogP contribution in [0.3, 0.4) is 0 Å². The van der Waals surface area contributed by atoms with Gasteiger partial charge in [0.05, 0.1) is 18.8 Å². The summed E-state index contributed by atoms with van der Waals surface area (Å²) in [5, 5.41) is 0. The number of ether oxygens (including phenoxy) is 1. The van der Waals surface area contributed by atoms with E-state index in [0.29, 0.717) is 0 Å². The Bertz CT molecular complexity index is 432. The van der Waals surface area contributed by atoms with Gasteiger partial charge in [-0.1, -0.05) is 22.0 Å². The third-order valence-corrected chi connectivity index (χ3v) is 3.91. The molecule has 1 saturated heterocycles. The van der Waals surface area contributed by atoms with Crippen LogP contribution in [0.1, 0.15) is 32.4 Å². The molecule has 1 unspecified atom stereocenters. The van der Waals surface area contributed by atoms with E-state index in [2.05, 4.69) is 52.9 Å². The van der Waals surface area contributed by atoms with Crippen molar-refractivity contribution in [2.75, 3.05) is 24.7 Å². The Morgan fingerprint density at radius 1 is 1.44 bits per heavy atom. The zero-order valence-electron chi connectivity index (χ0n) is 11.2. The molecule has 1 fully saturated rings. The van der Waals surface area contributed by atoms with Gasteiger partial charge >= 0.3 is 0 Å². The molecule has 1 aliphatic rings. The largest absolute Gasteiger partial charge is 0.377 e. The van der Waals surface area contributed by atoms with Crippen LogP contribution in [0.4, 0.5) is 5.69 Å². The highest BCUT2D eigenvalue weighted by molar-refractivity contribution is 9.10. The van der Waals surface area contributed by atoms with Crippen molar-refractivity contribution in [1.29, 1.82) is 0 Å². The van der Waals surface area contributed by atoms with Gasteiger partial charge in [0.1, 0.15) is 0 Å². The summed E-state index contributed by atoms with van der Waals surface area (Å²) >= 11 is 3.55. The van der Waals surface area contributed by atoms with Crippen LogP contribution in [0.2, 0.25) is 0 Å². The maximum absolute atomic E-state index is 6.09. The predicted octanol–water partition coefficient (Wildman–Crippen LogP) is 3.08. The maximum atomic E-state index is 6.09. The van der Waals surface area contributed by atoms with Gasteiger partial charge in [0.25, 0.3) is 0 Å². The molecule has 1 aromatic rings. The van der Waals surface area contributed by atoms with Crippen LogP contribution in [-0.2, 0) is 4.74 Å². The highest BCUT2D eigenvalue weighted by Gasteiger charge is 2.32. The molecule has 1 atom stereocenters. The van der Waals surface area contributed by atoms with E-state index in [4.69, 9.17) is 10.5 Å². The van der Waals surface area contributed by atoms with E-state index in [1.807, 2.05) is 6.92 Å². The van der Waals surface area contributed by atoms with Crippen LogP contribution in [0.15, 0.2) is 22.7 Å². The molecule has 0 saturated carbocycles. The minimum atomic E-state index is 0.00266. The van der Waals surface area contributed by atoms with Crippen molar-refractivity contribution in [2.24, 2.45) is 5.73 Å². The van der Waals surface area contributed by atoms with E-state index in [1.165, 1.54) is 11.3 Å². The first-order valence-corrected chi connectivity index (χ1v) is 7.11. The molecule has 3 nitrogen and oxygen atoms in total. The second-order valence-corrected chi connectivity index (χ2v) is 6.42. The highest BCUT2D eigenvalue weighted by Crippen LogP contribution is 2.34. The van der Waals surface area contributed by atoms with Crippen molar-refractivity contribution in [3.8, 4) is 0 Å². The summed E-state index contributed by atoms with van der Waals surface area (Å²) in [4.78, 5) is 2.40. The molecule has 0 aromatic heterocycles. The molecular weight excluding hydrogens is 292 g/mol. The molecule has 1 aromatic carbocycles. The van der Waals surface area contributed by atoms with Gasteiger partial charge in [0.2, 0.25) is 0 Å². The monoisotopic (exact) mass is 312 g/mol. The lowest BCUT2D eigenvalue weighted by atomic mass is 9.98. The Labute approximate surface area is 117 Å². The maximum Gasteiger partial charge on any atom is 0.0694 e. The van der Waals surface area contributed by atoms with Crippen molar-refractivity contribution in [3.05, 3.63) is 28.2 Å². The molecule has 0 aliphatic carbocycles. The second kappa shape index (κ2) is 5.19. The summed E-state index contributed by atoms with van der Waals surface area (Å²) in [5.41, 5.74) is 8.49. The lowest BCUT2D eigenvalue weighted by Gasteiger charge is -2.45. The van der Waals surface area contributed by atoms with E-state index in [9.17, 15) is 0 Å². The van der Waals surface area contributed by atoms with Crippen LogP contribution in [-0.4, -0.2) is 25.3 Å². The van der Waals surface area contributed by atoms with Crippen LogP contribution in [0.25, 0.3) is 0 Å². The first kappa shape index (κ1) is 13.8. The second-order valence-electron chi connectivity index (χ2n) is 5.51. The Morgan fingerprint density at radius 3 is 2.78 bits per heavy atom. The SMILES string of the molecule is CC(N)c1ccc(Br)cc1N1CCOCC1(C)C. The van der Waals surface area contributed by atoms with E-state index in [1.54, 1.807) is 0 Å². The number of hydrogen-bond donors (Lipinski definition) is 1. The average molecular weight is 313 g/mol. The van der Waals surface area contributed by atoms with E-state index in [-0.39, 0.29) is 11.6 Å². The number of rotatable bonds is 2. The van der Waals surface area contributed by atoms with Crippen molar-refractivity contribution in [2.45, 2.75) is 32.4 Å². The fourth-order valence-corrected chi connectivity index (χ4v) is 2.79. The molecule has 18 heavy (non-hydrogen) atoms. The summed E-state index contributed by atoms with van der Waals surface area (Å²) < 4.78 is 6.67. The lowest BCUT2D eigenvalue weighted by molar-refractivity contribution is 0.0642. The lowest BCUT2D eigenvalue weighted by Crippen LogP contribution is -2.53. The Hall–Kier alpha value is -0.580. The Morgan fingerprint density at radius 2 is 2.17 bits per heavy atom. The fourth-order valence-electron chi connectivity index (χ4n) is 2.44. The van der Waals surface area contributed by atoms with Gasteiger partial charge in [-0.2, -0.15) is 0 Å². The van der Waals surface area contributed by atoms with Gasteiger partial charge in [-0.15, -0.1) is 0 Å². The van der Waals surface area contributed by atoms with E-state index < -0.39 is 0 Å². The third-order valence-electron chi connectivity index (χ3n) is 3.42. The van der Waals surface area contributed by atoms with Gasteiger partial charge in [-0.3, -0.25) is 0 Å². The topological polar surface area (TPSA) is 38.5 Å². The predicted molar refractivity (Wildman–Crippen MR) is 79.0 cm³/mol. The Balaban J connectivity index is 2.45. The van der Waals surface area contributed by atoms with Crippen molar-refractivity contribution in [1.82, 2.24) is 0 Å². The van der Waals surface area contributed by atoms with Crippen molar-refractivity contribution >= 4 is 21.6 Å². The van der Waals surface area contributed by atoms with Gasteiger partial charge in [-0.05, 0) is 38.5 Å². The molecule has 2 rings (SSSR count). The molecule has 0 spiro atoms. The highest BCUT2D eigenvalue weighted by atomic mass is 79.9. The normalized spacial score (nSPS) is 20.8. The van der Waals surface area contributed by atoms with Gasteiger partial charge in [0, 0.05) is 22.7 Å². The average Bonchev–Trinajstić information content (AvgIpc) is 2.27.